The number of Topliss-reactive ketones (excluding diaryl/α,β-unsaturated/α-hetero) is 1. The highest BCUT2D eigenvalue weighted by molar-refractivity contribution is 5.95. The molecule has 1 N–H and O–H groups in total. The van der Waals surface area contributed by atoms with Gasteiger partial charge in [-0.1, -0.05) is 0 Å². The van der Waals surface area contributed by atoms with Gasteiger partial charge in [0, 0.05) is 17.8 Å². The van der Waals surface area contributed by atoms with Gasteiger partial charge in [0.1, 0.15) is 5.75 Å². The lowest BCUT2D eigenvalue weighted by atomic mass is 10.1. The molecule has 0 saturated carbocycles. The van der Waals surface area contributed by atoms with Crippen molar-refractivity contribution >= 4 is 5.78 Å². The zero-order valence-corrected chi connectivity index (χ0v) is 10.3. The molecule has 0 amide bonds. The Morgan fingerprint density at radius 3 is 2.47 bits per heavy atom. The van der Waals surface area contributed by atoms with Crippen molar-refractivity contribution in [2.45, 2.75) is 6.54 Å². The molecule has 1 heterocycles. The van der Waals surface area contributed by atoms with E-state index in [1.165, 1.54) is 19.4 Å². The van der Waals surface area contributed by atoms with Crippen molar-refractivity contribution in [1.29, 1.82) is 0 Å². The number of rotatable bonds is 4. The number of carbonyl (C=O) groups is 1. The van der Waals surface area contributed by atoms with Crippen LogP contribution in [0.15, 0.2) is 46.1 Å². The van der Waals surface area contributed by atoms with Gasteiger partial charge >= 0.3 is 5.69 Å². The number of nitrogens with one attached hydrogen (secondary N) is 1. The minimum absolute atomic E-state index is 0.123. The van der Waals surface area contributed by atoms with Gasteiger partial charge in [-0.05, 0) is 24.3 Å². The first-order valence-corrected chi connectivity index (χ1v) is 5.57. The summed E-state index contributed by atoms with van der Waals surface area (Å²) in [6.45, 7) is -0.123. The molecule has 0 aliphatic rings. The smallest absolute Gasteiger partial charge is 0.328 e. The Labute approximate surface area is 108 Å². The van der Waals surface area contributed by atoms with Crippen LogP contribution < -0.4 is 16.0 Å². The van der Waals surface area contributed by atoms with Crippen LogP contribution in [0.3, 0.4) is 0 Å². The van der Waals surface area contributed by atoms with Gasteiger partial charge in [0.2, 0.25) is 0 Å². The Morgan fingerprint density at radius 2 is 1.89 bits per heavy atom. The molecule has 0 radical (unpaired) electrons. The third kappa shape index (κ3) is 2.98. The standard InChI is InChI=1S/C13H12N2O4/c1-19-10-4-2-9(3-5-10)11(16)8-15-7-6-12(17)14-13(15)18/h2-7H,8H2,1H3,(H,14,17,18). The molecule has 1 aromatic heterocycles. The molecule has 0 saturated heterocycles. The number of benzene rings is 1. The number of carbonyl (C=O) groups excluding carboxylic acids is 1. The second-order valence-electron chi connectivity index (χ2n) is 3.89. The van der Waals surface area contributed by atoms with E-state index in [2.05, 4.69) is 4.98 Å². The molecule has 0 atom stereocenters. The largest absolute Gasteiger partial charge is 0.497 e. The van der Waals surface area contributed by atoms with Crippen molar-refractivity contribution in [1.82, 2.24) is 9.55 Å². The number of aromatic amines is 1. The Bertz CT molecular complexity index is 698. The molecule has 0 aliphatic carbocycles. The molecule has 6 heteroatoms. The molecular formula is C13H12N2O4. The Kier molecular flexibility index (Phi) is 3.61. The number of aromatic nitrogens is 2. The van der Waals surface area contributed by atoms with Crippen LogP contribution in [0.1, 0.15) is 10.4 Å². The number of ketones is 1. The van der Waals surface area contributed by atoms with E-state index in [1.54, 1.807) is 24.3 Å². The second kappa shape index (κ2) is 5.34. The lowest BCUT2D eigenvalue weighted by molar-refractivity contribution is 0.0970. The number of hydrogen-bond acceptors (Lipinski definition) is 4. The van der Waals surface area contributed by atoms with Crippen molar-refractivity contribution in [2.75, 3.05) is 7.11 Å². The van der Waals surface area contributed by atoms with Crippen molar-refractivity contribution in [3.05, 3.63) is 62.9 Å². The summed E-state index contributed by atoms with van der Waals surface area (Å²) in [4.78, 5) is 36.4. The van der Waals surface area contributed by atoms with Gasteiger partial charge in [0.15, 0.2) is 5.78 Å². The van der Waals surface area contributed by atoms with Gasteiger partial charge in [-0.3, -0.25) is 19.1 Å². The zero-order chi connectivity index (χ0) is 13.8. The van der Waals surface area contributed by atoms with E-state index in [0.29, 0.717) is 11.3 Å². The SMILES string of the molecule is COc1ccc(C(=O)Cn2ccc(=O)[nH]c2=O)cc1. The maximum absolute atomic E-state index is 12.0. The summed E-state index contributed by atoms with van der Waals surface area (Å²) in [5.74, 6) is 0.426. The highest BCUT2D eigenvalue weighted by Gasteiger charge is 2.08. The number of H-pyrrole nitrogens is 1. The number of nitrogens with zero attached hydrogens (tertiary/aromatic N) is 1. The predicted molar refractivity (Wildman–Crippen MR) is 68.6 cm³/mol. The summed E-state index contributed by atoms with van der Waals surface area (Å²) in [6, 6.07) is 7.78. The topological polar surface area (TPSA) is 81.2 Å². The Hall–Kier alpha value is -2.63. The molecule has 2 aromatic rings. The van der Waals surface area contributed by atoms with Gasteiger partial charge in [0.25, 0.3) is 5.56 Å². The molecule has 98 valence electrons. The quantitative estimate of drug-likeness (QED) is 0.808. The molecule has 0 aliphatic heterocycles. The van der Waals surface area contributed by atoms with Gasteiger partial charge in [-0.25, -0.2) is 4.79 Å². The fraction of sp³-hybridized carbons (Fsp3) is 0.154. The molecule has 19 heavy (non-hydrogen) atoms. The lowest BCUT2D eigenvalue weighted by Crippen LogP contribution is -2.30. The van der Waals surface area contributed by atoms with E-state index in [0.717, 1.165) is 4.57 Å². The minimum Gasteiger partial charge on any atom is -0.497 e. The maximum atomic E-state index is 12.0. The summed E-state index contributed by atoms with van der Waals surface area (Å²) in [5, 5.41) is 0. The third-order valence-corrected chi connectivity index (χ3v) is 2.62. The van der Waals surface area contributed by atoms with Gasteiger partial charge in [-0.15, -0.1) is 0 Å². The van der Waals surface area contributed by atoms with Gasteiger partial charge in [0.05, 0.1) is 13.7 Å². The normalized spacial score (nSPS) is 10.2. The number of hydrogen-bond donors (Lipinski definition) is 1. The lowest BCUT2D eigenvalue weighted by Gasteiger charge is -2.05. The molecule has 0 spiro atoms. The van der Waals surface area contributed by atoms with E-state index in [-0.39, 0.29) is 12.3 Å². The molecule has 0 bridgehead atoms. The average molecular weight is 260 g/mol. The summed E-state index contributed by atoms with van der Waals surface area (Å²) in [7, 11) is 1.54. The van der Waals surface area contributed by atoms with Crippen LogP contribution in [0.25, 0.3) is 0 Å². The van der Waals surface area contributed by atoms with Crippen LogP contribution in [-0.2, 0) is 6.54 Å². The first-order valence-electron chi connectivity index (χ1n) is 5.57. The first-order chi connectivity index (χ1) is 9.10. The molecule has 2 rings (SSSR count). The minimum atomic E-state index is -0.602. The van der Waals surface area contributed by atoms with Crippen LogP contribution in [0, 0.1) is 0 Å². The third-order valence-electron chi connectivity index (χ3n) is 2.62. The average Bonchev–Trinajstić information content (AvgIpc) is 2.42. The van der Waals surface area contributed by atoms with Crippen molar-refractivity contribution in [3.8, 4) is 5.75 Å². The summed E-state index contributed by atoms with van der Waals surface area (Å²) >= 11 is 0. The zero-order valence-electron chi connectivity index (χ0n) is 10.3. The van der Waals surface area contributed by atoms with E-state index < -0.39 is 11.2 Å². The van der Waals surface area contributed by atoms with E-state index in [9.17, 15) is 14.4 Å². The Balaban J connectivity index is 2.20. The highest BCUT2D eigenvalue weighted by atomic mass is 16.5. The van der Waals surface area contributed by atoms with Crippen LogP contribution in [0.5, 0.6) is 5.75 Å². The van der Waals surface area contributed by atoms with E-state index in [4.69, 9.17) is 4.74 Å². The number of methoxy groups -OCH3 is 1. The van der Waals surface area contributed by atoms with Gasteiger partial charge in [-0.2, -0.15) is 0 Å². The van der Waals surface area contributed by atoms with Crippen LogP contribution in [0.2, 0.25) is 0 Å². The summed E-state index contributed by atoms with van der Waals surface area (Å²) in [6.07, 6.45) is 1.29. The molecule has 1 aromatic carbocycles. The van der Waals surface area contributed by atoms with E-state index in [1.807, 2.05) is 0 Å². The molecule has 0 fully saturated rings. The molecule has 0 unspecified atom stereocenters. The highest BCUT2D eigenvalue weighted by Crippen LogP contribution is 2.11. The molecular weight excluding hydrogens is 248 g/mol. The fourth-order valence-corrected chi connectivity index (χ4v) is 1.59. The summed E-state index contributed by atoms with van der Waals surface area (Å²) < 4.78 is 6.14. The van der Waals surface area contributed by atoms with Crippen LogP contribution in [0.4, 0.5) is 0 Å². The van der Waals surface area contributed by atoms with Crippen molar-refractivity contribution in [2.24, 2.45) is 0 Å². The Morgan fingerprint density at radius 1 is 1.21 bits per heavy atom. The second-order valence-corrected chi connectivity index (χ2v) is 3.89. The maximum Gasteiger partial charge on any atom is 0.328 e. The van der Waals surface area contributed by atoms with Crippen molar-refractivity contribution in [3.63, 3.8) is 0 Å². The van der Waals surface area contributed by atoms with E-state index >= 15 is 0 Å². The number of ether oxygens (including phenoxy) is 1. The summed E-state index contributed by atoms with van der Waals surface area (Å²) in [5.41, 5.74) is -0.619. The monoisotopic (exact) mass is 260 g/mol. The fourth-order valence-electron chi connectivity index (χ4n) is 1.59. The van der Waals surface area contributed by atoms with Gasteiger partial charge < -0.3 is 4.74 Å². The predicted octanol–water partition coefficient (Wildman–Crippen LogP) is 0.428. The molecule has 6 nitrogen and oxygen atoms in total. The first kappa shape index (κ1) is 12.8. The van der Waals surface area contributed by atoms with Crippen LogP contribution >= 0.6 is 0 Å². The van der Waals surface area contributed by atoms with Crippen molar-refractivity contribution < 1.29 is 9.53 Å². The van der Waals surface area contributed by atoms with Crippen LogP contribution in [-0.4, -0.2) is 22.4 Å².